The SMILES string of the molecule is Cc1cc(C)c([O-])c(NC(O)=C2C=CC=C2)c1.[Fe+2].c1cc[cH-]c1. The van der Waals surface area contributed by atoms with Gasteiger partial charge in [-0.3, -0.25) is 0 Å². The Labute approximate surface area is 147 Å². The van der Waals surface area contributed by atoms with Crippen molar-refractivity contribution in [3.05, 3.63) is 89.4 Å². The second-order valence-electron chi connectivity index (χ2n) is 5.07. The van der Waals surface area contributed by atoms with E-state index in [1.165, 1.54) is 0 Å². The zero-order valence-electron chi connectivity index (χ0n) is 13.1. The number of aliphatic hydroxyl groups excluding tert-OH is 1. The minimum absolute atomic E-state index is 0. The predicted octanol–water partition coefficient (Wildman–Crippen LogP) is 4.09. The van der Waals surface area contributed by atoms with Crippen LogP contribution >= 0.6 is 0 Å². The summed E-state index contributed by atoms with van der Waals surface area (Å²) in [6.45, 7) is 3.68. The van der Waals surface area contributed by atoms with Crippen LogP contribution in [-0.2, 0) is 17.1 Å². The predicted molar refractivity (Wildman–Crippen MR) is 89.0 cm³/mol. The molecule has 0 bridgehead atoms. The third kappa shape index (κ3) is 5.44. The van der Waals surface area contributed by atoms with Gasteiger partial charge in [0.2, 0.25) is 0 Å². The van der Waals surface area contributed by atoms with Crippen LogP contribution in [0.15, 0.2) is 78.2 Å². The maximum absolute atomic E-state index is 11.8. The summed E-state index contributed by atoms with van der Waals surface area (Å²) in [7, 11) is 0. The minimum atomic E-state index is -0.0892. The zero-order chi connectivity index (χ0) is 15.9. The second-order valence-corrected chi connectivity index (χ2v) is 5.07. The zero-order valence-corrected chi connectivity index (χ0v) is 14.2. The van der Waals surface area contributed by atoms with Crippen molar-refractivity contribution in [3.63, 3.8) is 0 Å². The average Bonchev–Trinajstić information content (AvgIpc) is 3.18. The Morgan fingerprint density at radius 3 is 2.22 bits per heavy atom. The molecule has 0 saturated heterocycles. The third-order valence-electron chi connectivity index (χ3n) is 3.16. The van der Waals surface area contributed by atoms with Crippen molar-refractivity contribution < 1.29 is 27.3 Å². The van der Waals surface area contributed by atoms with Crippen LogP contribution < -0.4 is 10.4 Å². The fourth-order valence-corrected chi connectivity index (χ4v) is 2.10. The number of aliphatic hydroxyl groups is 1. The number of rotatable bonds is 2. The Kier molecular flexibility index (Phi) is 7.33. The van der Waals surface area contributed by atoms with Crippen LogP contribution in [0.25, 0.3) is 0 Å². The van der Waals surface area contributed by atoms with Crippen LogP contribution in [0.2, 0.25) is 0 Å². The molecule has 0 aliphatic heterocycles. The molecule has 0 fully saturated rings. The van der Waals surface area contributed by atoms with E-state index in [1.807, 2.05) is 55.5 Å². The van der Waals surface area contributed by atoms with Crippen molar-refractivity contribution in [2.24, 2.45) is 0 Å². The van der Waals surface area contributed by atoms with Gasteiger partial charge in [0, 0.05) is 11.3 Å². The van der Waals surface area contributed by atoms with E-state index in [1.54, 1.807) is 25.1 Å². The van der Waals surface area contributed by atoms with E-state index in [0.29, 0.717) is 16.8 Å². The molecule has 23 heavy (non-hydrogen) atoms. The summed E-state index contributed by atoms with van der Waals surface area (Å²) in [4.78, 5) is 0. The molecule has 3 rings (SSSR count). The Balaban J connectivity index is 0.000000377. The Morgan fingerprint density at radius 2 is 1.70 bits per heavy atom. The second kappa shape index (κ2) is 8.99. The first-order valence-electron chi connectivity index (χ1n) is 7.08. The monoisotopic (exact) mass is 349 g/mol. The van der Waals surface area contributed by atoms with Crippen molar-refractivity contribution in [2.75, 3.05) is 5.32 Å². The minimum Gasteiger partial charge on any atom is -0.871 e. The smallest absolute Gasteiger partial charge is 0.871 e. The van der Waals surface area contributed by atoms with Crippen molar-refractivity contribution >= 4 is 5.69 Å². The fourth-order valence-electron chi connectivity index (χ4n) is 2.10. The summed E-state index contributed by atoms with van der Waals surface area (Å²) in [5.41, 5.74) is 2.73. The van der Waals surface area contributed by atoms with Crippen LogP contribution in [0.1, 0.15) is 11.1 Å². The summed E-state index contributed by atoms with van der Waals surface area (Å²) >= 11 is 0. The molecule has 0 spiro atoms. The van der Waals surface area contributed by atoms with E-state index in [-0.39, 0.29) is 28.7 Å². The fraction of sp³-hybridized carbons (Fsp3) is 0.105. The number of hydrogen-bond donors (Lipinski definition) is 2. The Hall–Kier alpha value is -2.29. The van der Waals surface area contributed by atoms with E-state index in [9.17, 15) is 10.2 Å². The van der Waals surface area contributed by atoms with E-state index < -0.39 is 0 Å². The van der Waals surface area contributed by atoms with Crippen LogP contribution in [0.5, 0.6) is 5.75 Å². The van der Waals surface area contributed by atoms with Crippen LogP contribution in [0, 0.1) is 13.8 Å². The molecule has 0 radical (unpaired) electrons. The van der Waals surface area contributed by atoms with Crippen molar-refractivity contribution in [1.82, 2.24) is 0 Å². The maximum atomic E-state index is 11.8. The topological polar surface area (TPSA) is 55.3 Å². The molecular formula is C19H19FeNO2. The summed E-state index contributed by atoms with van der Waals surface area (Å²) < 4.78 is 0. The van der Waals surface area contributed by atoms with E-state index >= 15 is 0 Å². The summed E-state index contributed by atoms with van der Waals surface area (Å²) in [6.07, 6.45) is 7.20. The molecule has 4 heteroatoms. The molecule has 2 N–H and O–H groups in total. The van der Waals surface area contributed by atoms with Crippen LogP contribution in [0.4, 0.5) is 5.69 Å². The quantitative estimate of drug-likeness (QED) is 0.488. The Bertz CT molecular complexity index is 682. The van der Waals surface area contributed by atoms with Crippen LogP contribution in [0.3, 0.4) is 0 Å². The van der Waals surface area contributed by atoms with Gasteiger partial charge in [0.1, 0.15) is 0 Å². The van der Waals surface area contributed by atoms with Gasteiger partial charge in [0.25, 0.3) is 0 Å². The van der Waals surface area contributed by atoms with Gasteiger partial charge in [-0.2, -0.15) is 18.2 Å². The molecule has 120 valence electrons. The third-order valence-corrected chi connectivity index (χ3v) is 3.16. The van der Waals surface area contributed by atoms with Gasteiger partial charge in [0.15, 0.2) is 5.88 Å². The van der Waals surface area contributed by atoms with E-state index in [4.69, 9.17) is 0 Å². The number of anilines is 1. The Morgan fingerprint density at radius 1 is 1.09 bits per heavy atom. The summed E-state index contributed by atoms with van der Waals surface area (Å²) in [6, 6.07) is 13.6. The van der Waals surface area contributed by atoms with Gasteiger partial charge in [-0.25, -0.2) is 12.1 Å². The number of benzene rings is 1. The van der Waals surface area contributed by atoms with Gasteiger partial charge in [0.05, 0.1) is 0 Å². The number of aryl methyl sites for hydroxylation is 2. The van der Waals surface area contributed by atoms with Gasteiger partial charge in [-0.1, -0.05) is 29.5 Å². The number of hydrogen-bond acceptors (Lipinski definition) is 3. The van der Waals surface area contributed by atoms with E-state index in [2.05, 4.69) is 5.32 Å². The molecule has 0 heterocycles. The molecule has 1 aliphatic rings. The van der Waals surface area contributed by atoms with Gasteiger partial charge in [-0.15, -0.1) is 0 Å². The van der Waals surface area contributed by atoms with Gasteiger partial charge < -0.3 is 15.5 Å². The molecule has 0 aromatic heterocycles. The molecule has 2 aromatic rings. The molecule has 0 atom stereocenters. The summed E-state index contributed by atoms with van der Waals surface area (Å²) in [5, 5.41) is 24.4. The molecule has 0 saturated carbocycles. The first-order chi connectivity index (χ1) is 10.6. The normalized spacial score (nSPS) is 11.5. The molecule has 0 unspecified atom stereocenters. The van der Waals surface area contributed by atoms with Crippen molar-refractivity contribution in [1.29, 1.82) is 0 Å². The number of allylic oxidation sites excluding steroid dienone is 5. The van der Waals surface area contributed by atoms with Crippen molar-refractivity contribution in [3.8, 4) is 5.75 Å². The first kappa shape index (κ1) is 18.8. The number of nitrogens with one attached hydrogen (secondary N) is 1. The standard InChI is InChI=1S/C14H15NO2.C5H5.Fe/c1-9-7-10(2)13(16)12(8-9)15-14(17)11-5-3-4-6-11;1-2-4-5-3-1;/h3-8,15-17H,1-2H3;1-5H;/q;-1;+2/p-1. The molecule has 1 aliphatic carbocycles. The van der Waals surface area contributed by atoms with Crippen LogP contribution in [-0.4, -0.2) is 5.11 Å². The van der Waals surface area contributed by atoms with Gasteiger partial charge >= 0.3 is 17.1 Å². The first-order valence-corrected chi connectivity index (χ1v) is 7.08. The van der Waals surface area contributed by atoms with Gasteiger partial charge in [-0.05, 0) is 37.6 Å². The molecule has 3 nitrogen and oxygen atoms in total. The van der Waals surface area contributed by atoms with Crippen molar-refractivity contribution in [2.45, 2.75) is 13.8 Å². The molecule has 2 aromatic carbocycles. The van der Waals surface area contributed by atoms with E-state index in [0.717, 1.165) is 5.56 Å². The summed E-state index contributed by atoms with van der Waals surface area (Å²) in [5.74, 6) is -0.0918. The molecule has 0 amide bonds. The molecular weight excluding hydrogens is 330 g/mol. The largest absolute Gasteiger partial charge is 2.00 e. The average molecular weight is 349 g/mol. The maximum Gasteiger partial charge on any atom is 2.00 e.